The molecule has 1 N–H and O–H groups in total. The number of ether oxygens (including phenoxy) is 2. The lowest BCUT2D eigenvalue weighted by Crippen LogP contribution is -2.26. The molecular weight excluding hydrogens is 208 g/mol. The van der Waals surface area contributed by atoms with E-state index in [0.29, 0.717) is 5.75 Å². The molecule has 88 valence electrons. The van der Waals surface area contributed by atoms with Crippen molar-refractivity contribution in [3.05, 3.63) is 24.0 Å². The summed E-state index contributed by atoms with van der Waals surface area (Å²) in [6, 6.07) is 3.27. The Balaban J connectivity index is 2.70. The Morgan fingerprint density at radius 3 is 3.00 bits per heavy atom. The highest BCUT2D eigenvalue weighted by atomic mass is 16.5. The van der Waals surface area contributed by atoms with Crippen LogP contribution < -0.4 is 10.1 Å². The summed E-state index contributed by atoms with van der Waals surface area (Å²) in [5.41, 5.74) is 0.247. The Hall–Kier alpha value is -1.62. The van der Waals surface area contributed by atoms with Gasteiger partial charge in [0.05, 0.1) is 7.11 Å². The summed E-state index contributed by atoms with van der Waals surface area (Å²) < 4.78 is 10.2. The number of aromatic nitrogens is 1. The molecule has 0 saturated carbocycles. The van der Waals surface area contributed by atoms with E-state index >= 15 is 0 Å². The van der Waals surface area contributed by atoms with Gasteiger partial charge in [0.1, 0.15) is 11.9 Å². The first-order valence-corrected chi connectivity index (χ1v) is 5.03. The molecule has 0 fully saturated rings. The minimum atomic E-state index is -0.466. The number of hydrogen-bond acceptors (Lipinski definition) is 5. The van der Waals surface area contributed by atoms with Gasteiger partial charge in [-0.3, -0.25) is 0 Å². The van der Waals surface area contributed by atoms with Gasteiger partial charge in [0.15, 0.2) is 5.69 Å². The predicted molar refractivity (Wildman–Crippen MR) is 59.6 cm³/mol. The molecule has 0 aliphatic heterocycles. The van der Waals surface area contributed by atoms with Gasteiger partial charge >= 0.3 is 5.97 Å². The number of esters is 1. The van der Waals surface area contributed by atoms with E-state index in [1.54, 1.807) is 12.1 Å². The highest BCUT2D eigenvalue weighted by Crippen LogP contribution is 2.13. The summed E-state index contributed by atoms with van der Waals surface area (Å²) in [5, 5.41) is 3.00. The zero-order valence-electron chi connectivity index (χ0n) is 9.69. The Kier molecular flexibility index (Phi) is 4.72. The van der Waals surface area contributed by atoms with Crippen LogP contribution in [0.5, 0.6) is 5.75 Å². The first-order chi connectivity index (χ1) is 7.67. The highest BCUT2D eigenvalue weighted by molar-refractivity contribution is 5.87. The molecule has 1 atom stereocenters. The summed E-state index contributed by atoms with van der Waals surface area (Å²) in [7, 11) is 3.17. The quantitative estimate of drug-likeness (QED) is 0.751. The summed E-state index contributed by atoms with van der Waals surface area (Å²) in [5.74, 6) is 0.143. The lowest BCUT2D eigenvalue weighted by Gasteiger charge is -2.14. The van der Waals surface area contributed by atoms with Crippen molar-refractivity contribution in [3.8, 4) is 5.75 Å². The lowest BCUT2D eigenvalue weighted by molar-refractivity contribution is 0.0593. The van der Waals surface area contributed by atoms with Crippen molar-refractivity contribution in [2.24, 2.45) is 0 Å². The number of rotatable bonds is 5. The summed E-state index contributed by atoms with van der Waals surface area (Å²) >= 11 is 0. The molecule has 0 aliphatic rings. The fourth-order valence-electron chi connectivity index (χ4n) is 1.26. The molecule has 0 amide bonds. The monoisotopic (exact) mass is 224 g/mol. The van der Waals surface area contributed by atoms with Crippen molar-refractivity contribution >= 4 is 5.97 Å². The summed E-state index contributed by atoms with van der Waals surface area (Å²) in [4.78, 5) is 15.1. The van der Waals surface area contributed by atoms with Gasteiger partial charge in [-0.1, -0.05) is 0 Å². The lowest BCUT2D eigenvalue weighted by atomic mass is 10.3. The topological polar surface area (TPSA) is 60.5 Å². The molecule has 0 aliphatic carbocycles. The molecule has 1 rings (SSSR count). The van der Waals surface area contributed by atoms with Gasteiger partial charge in [-0.2, -0.15) is 0 Å². The maximum Gasteiger partial charge on any atom is 0.356 e. The number of carbonyl (C=O) groups is 1. The predicted octanol–water partition coefficient (Wildman–Crippen LogP) is 0.855. The zero-order valence-corrected chi connectivity index (χ0v) is 9.69. The van der Waals surface area contributed by atoms with E-state index in [4.69, 9.17) is 4.74 Å². The Morgan fingerprint density at radius 1 is 1.62 bits per heavy atom. The van der Waals surface area contributed by atoms with Crippen molar-refractivity contribution in [3.63, 3.8) is 0 Å². The Morgan fingerprint density at radius 2 is 2.38 bits per heavy atom. The second-order valence-corrected chi connectivity index (χ2v) is 3.35. The molecule has 1 aromatic rings. The number of carbonyl (C=O) groups excluding carboxylic acids is 1. The van der Waals surface area contributed by atoms with Crippen molar-refractivity contribution < 1.29 is 14.3 Å². The van der Waals surface area contributed by atoms with Gasteiger partial charge in [-0.15, -0.1) is 0 Å². The molecule has 1 aromatic heterocycles. The third kappa shape index (κ3) is 3.51. The molecule has 0 radical (unpaired) electrons. The van der Waals surface area contributed by atoms with Crippen LogP contribution in [-0.2, 0) is 4.74 Å². The summed E-state index contributed by atoms with van der Waals surface area (Å²) in [6.45, 7) is 2.67. The molecule has 0 bridgehead atoms. The van der Waals surface area contributed by atoms with Crippen molar-refractivity contribution in [2.75, 3.05) is 20.7 Å². The molecule has 5 heteroatoms. The van der Waals surface area contributed by atoms with E-state index in [9.17, 15) is 4.79 Å². The fourth-order valence-corrected chi connectivity index (χ4v) is 1.26. The molecular formula is C11H16N2O3. The highest BCUT2D eigenvalue weighted by Gasteiger charge is 2.09. The van der Waals surface area contributed by atoms with Crippen LogP contribution >= 0.6 is 0 Å². The van der Waals surface area contributed by atoms with Crippen molar-refractivity contribution in [2.45, 2.75) is 13.0 Å². The first-order valence-electron chi connectivity index (χ1n) is 5.03. The van der Waals surface area contributed by atoms with E-state index in [2.05, 4.69) is 15.0 Å². The molecule has 0 spiro atoms. The standard InChI is InChI=1S/C11H16N2O3/c1-8(7-12-2)16-9-4-5-13-10(6-9)11(14)15-3/h4-6,8,12H,7H2,1-3H3. The van der Waals surface area contributed by atoms with Crippen LogP contribution in [0, 0.1) is 0 Å². The zero-order chi connectivity index (χ0) is 12.0. The summed E-state index contributed by atoms with van der Waals surface area (Å²) in [6.07, 6.45) is 1.55. The van der Waals surface area contributed by atoms with Crippen molar-refractivity contribution in [1.29, 1.82) is 0 Å². The van der Waals surface area contributed by atoms with Crippen LogP contribution in [0.2, 0.25) is 0 Å². The third-order valence-electron chi connectivity index (χ3n) is 1.95. The van der Waals surface area contributed by atoms with Gasteiger partial charge in [0.25, 0.3) is 0 Å². The SMILES string of the molecule is CNCC(C)Oc1ccnc(C(=O)OC)c1. The van der Waals surface area contributed by atoms with E-state index < -0.39 is 5.97 Å². The van der Waals surface area contributed by atoms with Gasteiger partial charge in [-0.25, -0.2) is 9.78 Å². The maximum absolute atomic E-state index is 11.2. The van der Waals surface area contributed by atoms with E-state index in [-0.39, 0.29) is 11.8 Å². The van der Waals surface area contributed by atoms with Crippen LogP contribution in [0.1, 0.15) is 17.4 Å². The minimum absolute atomic E-state index is 0.0258. The molecule has 0 aromatic carbocycles. The van der Waals surface area contributed by atoms with Gasteiger partial charge in [0, 0.05) is 18.8 Å². The van der Waals surface area contributed by atoms with Crippen LogP contribution in [0.3, 0.4) is 0 Å². The van der Waals surface area contributed by atoms with Crippen LogP contribution in [-0.4, -0.2) is 37.8 Å². The van der Waals surface area contributed by atoms with E-state index in [1.165, 1.54) is 13.3 Å². The maximum atomic E-state index is 11.2. The second-order valence-electron chi connectivity index (χ2n) is 3.35. The molecule has 1 unspecified atom stereocenters. The van der Waals surface area contributed by atoms with Crippen LogP contribution in [0.15, 0.2) is 18.3 Å². The molecule has 16 heavy (non-hydrogen) atoms. The second kappa shape index (κ2) is 6.07. The first kappa shape index (κ1) is 12.4. The number of methoxy groups -OCH3 is 1. The average molecular weight is 224 g/mol. The van der Waals surface area contributed by atoms with Crippen LogP contribution in [0.4, 0.5) is 0 Å². The van der Waals surface area contributed by atoms with Gasteiger partial charge < -0.3 is 14.8 Å². The number of nitrogens with one attached hydrogen (secondary N) is 1. The third-order valence-corrected chi connectivity index (χ3v) is 1.95. The Labute approximate surface area is 94.8 Å². The Bertz CT molecular complexity index is 355. The number of hydrogen-bond donors (Lipinski definition) is 1. The van der Waals surface area contributed by atoms with Gasteiger partial charge in [0.2, 0.25) is 0 Å². The number of nitrogens with zero attached hydrogens (tertiary/aromatic N) is 1. The van der Waals surface area contributed by atoms with Gasteiger partial charge in [-0.05, 0) is 20.0 Å². The molecule has 5 nitrogen and oxygen atoms in total. The van der Waals surface area contributed by atoms with E-state index in [1.807, 2.05) is 14.0 Å². The largest absolute Gasteiger partial charge is 0.489 e. The molecule has 1 heterocycles. The fraction of sp³-hybridized carbons (Fsp3) is 0.455. The van der Waals surface area contributed by atoms with E-state index in [0.717, 1.165) is 6.54 Å². The number of pyridine rings is 1. The molecule has 0 saturated heterocycles. The normalized spacial score (nSPS) is 11.9. The van der Waals surface area contributed by atoms with Crippen molar-refractivity contribution in [1.82, 2.24) is 10.3 Å². The number of likely N-dealkylation sites (N-methyl/N-ethyl adjacent to an activating group) is 1. The average Bonchev–Trinajstić information content (AvgIpc) is 2.28. The smallest absolute Gasteiger partial charge is 0.356 e. The van der Waals surface area contributed by atoms with Crippen LogP contribution in [0.25, 0.3) is 0 Å². The minimum Gasteiger partial charge on any atom is -0.489 e.